The summed E-state index contributed by atoms with van der Waals surface area (Å²) in [5.41, 5.74) is 2.80. The van der Waals surface area contributed by atoms with Gasteiger partial charge in [-0.1, -0.05) is 29.3 Å². The molecule has 0 atom stereocenters. The smallest absolute Gasteiger partial charge is 0.265 e. The number of rotatable bonds is 4. The van der Waals surface area contributed by atoms with Crippen LogP contribution >= 0.6 is 34.5 Å². The lowest BCUT2D eigenvalue weighted by molar-refractivity contribution is -0.118. The molecule has 162 valence electrons. The molecule has 0 saturated heterocycles. The first-order valence-electron chi connectivity index (χ1n) is 9.66. The number of aryl methyl sites for hydroxylation is 1. The van der Waals surface area contributed by atoms with Crippen molar-refractivity contribution in [2.24, 2.45) is 0 Å². The van der Waals surface area contributed by atoms with Crippen molar-refractivity contribution in [3.05, 3.63) is 68.6 Å². The quantitative estimate of drug-likeness (QED) is 0.407. The Morgan fingerprint density at radius 2 is 2.09 bits per heavy atom. The van der Waals surface area contributed by atoms with E-state index in [1.54, 1.807) is 30.3 Å². The van der Waals surface area contributed by atoms with Gasteiger partial charge in [-0.3, -0.25) is 14.3 Å². The molecule has 2 N–H and O–H groups in total. The number of hydrogen-bond acceptors (Lipinski definition) is 5. The van der Waals surface area contributed by atoms with Crippen LogP contribution in [-0.2, 0) is 11.3 Å². The van der Waals surface area contributed by atoms with Gasteiger partial charge < -0.3 is 15.4 Å². The number of aromatic nitrogens is 2. The van der Waals surface area contributed by atoms with Gasteiger partial charge in [0.25, 0.3) is 11.8 Å². The van der Waals surface area contributed by atoms with Crippen LogP contribution in [0.5, 0.6) is 5.75 Å². The summed E-state index contributed by atoms with van der Waals surface area (Å²) in [6.45, 7) is 2.35. The molecule has 4 aromatic rings. The summed E-state index contributed by atoms with van der Waals surface area (Å²) in [5, 5.41) is 12.3. The zero-order valence-electron chi connectivity index (χ0n) is 16.7. The van der Waals surface area contributed by atoms with Gasteiger partial charge in [-0.05, 0) is 48.9 Å². The molecular formula is C22H16Cl2N4O3S. The van der Waals surface area contributed by atoms with Crippen molar-refractivity contribution in [1.29, 1.82) is 0 Å². The van der Waals surface area contributed by atoms with Gasteiger partial charge in [-0.25, -0.2) is 0 Å². The van der Waals surface area contributed by atoms with Crippen LogP contribution < -0.4 is 15.4 Å². The van der Waals surface area contributed by atoms with Crippen LogP contribution in [0, 0.1) is 6.92 Å². The molecule has 5 rings (SSSR count). The highest BCUT2D eigenvalue weighted by Crippen LogP contribution is 2.33. The maximum Gasteiger partial charge on any atom is 0.265 e. The van der Waals surface area contributed by atoms with E-state index in [4.69, 9.17) is 27.9 Å². The van der Waals surface area contributed by atoms with Gasteiger partial charge in [-0.2, -0.15) is 5.10 Å². The van der Waals surface area contributed by atoms with Crippen molar-refractivity contribution < 1.29 is 14.3 Å². The number of halogens is 2. The first kappa shape index (κ1) is 20.8. The second-order valence-corrected chi connectivity index (χ2v) is 9.18. The van der Waals surface area contributed by atoms with Crippen LogP contribution in [0.25, 0.3) is 10.2 Å². The van der Waals surface area contributed by atoms with Gasteiger partial charge in [0.15, 0.2) is 6.61 Å². The van der Waals surface area contributed by atoms with Crippen molar-refractivity contribution in [3.63, 3.8) is 0 Å². The second kappa shape index (κ2) is 8.12. The highest BCUT2D eigenvalue weighted by atomic mass is 35.5. The molecule has 3 heterocycles. The molecule has 0 spiro atoms. The molecular weight excluding hydrogens is 471 g/mol. The van der Waals surface area contributed by atoms with Crippen LogP contribution in [0.1, 0.15) is 20.9 Å². The SMILES string of the molecule is Cc1nn(Cc2ccc(Cl)cc2Cl)c2sc(C(=O)Nc3ccc4c(c3)NC(=O)CO4)cc12. The van der Waals surface area contributed by atoms with E-state index in [9.17, 15) is 9.59 Å². The third-order valence-corrected chi connectivity index (χ3v) is 6.77. The lowest BCUT2D eigenvalue weighted by Gasteiger charge is -2.18. The molecule has 0 fully saturated rings. The Bertz CT molecular complexity index is 1400. The van der Waals surface area contributed by atoms with Gasteiger partial charge in [0.2, 0.25) is 0 Å². The lowest BCUT2D eigenvalue weighted by atomic mass is 10.2. The maximum absolute atomic E-state index is 12.9. The summed E-state index contributed by atoms with van der Waals surface area (Å²) in [4.78, 5) is 25.9. The fourth-order valence-electron chi connectivity index (χ4n) is 3.50. The van der Waals surface area contributed by atoms with Crippen molar-refractivity contribution in [2.75, 3.05) is 17.2 Å². The van der Waals surface area contributed by atoms with Gasteiger partial charge in [0.1, 0.15) is 10.6 Å². The fourth-order valence-corrected chi connectivity index (χ4v) is 5.02. The van der Waals surface area contributed by atoms with E-state index in [2.05, 4.69) is 15.7 Å². The number of nitrogens with zero attached hydrogens (tertiary/aromatic N) is 2. The van der Waals surface area contributed by atoms with E-state index in [-0.39, 0.29) is 18.4 Å². The monoisotopic (exact) mass is 486 g/mol. The Morgan fingerprint density at radius 3 is 2.91 bits per heavy atom. The molecule has 0 aliphatic carbocycles. The standard InChI is InChI=1S/C22H16Cl2N4O3S/c1-11-15-8-19(21(30)25-14-4-5-18-17(7-14)26-20(29)10-31-18)32-22(15)28(27-11)9-12-2-3-13(23)6-16(12)24/h2-8H,9-10H2,1H3,(H,25,30)(H,26,29). The number of carbonyl (C=O) groups is 2. The van der Waals surface area contributed by atoms with Gasteiger partial charge >= 0.3 is 0 Å². The van der Waals surface area contributed by atoms with Gasteiger partial charge in [0.05, 0.1) is 22.8 Å². The first-order valence-corrected chi connectivity index (χ1v) is 11.2. The molecule has 1 aliphatic heterocycles. The van der Waals surface area contributed by atoms with Crippen molar-refractivity contribution in [2.45, 2.75) is 13.5 Å². The molecule has 2 aromatic heterocycles. The predicted octanol–water partition coefficient (Wildman–Crippen LogP) is 5.34. The van der Waals surface area contributed by atoms with Crippen molar-refractivity contribution in [3.8, 4) is 5.75 Å². The topological polar surface area (TPSA) is 85.3 Å². The average molecular weight is 487 g/mol. The minimum absolute atomic E-state index is 0.0158. The third kappa shape index (κ3) is 3.92. The molecule has 10 heteroatoms. The minimum Gasteiger partial charge on any atom is -0.482 e. The summed E-state index contributed by atoms with van der Waals surface area (Å²) in [6, 6.07) is 12.3. The number of nitrogens with one attached hydrogen (secondary N) is 2. The van der Waals surface area contributed by atoms with E-state index < -0.39 is 0 Å². The van der Waals surface area contributed by atoms with E-state index in [0.29, 0.717) is 38.6 Å². The molecule has 2 amide bonds. The Hall–Kier alpha value is -3.07. The molecule has 2 aromatic carbocycles. The van der Waals surface area contributed by atoms with E-state index >= 15 is 0 Å². The average Bonchev–Trinajstić information content (AvgIpc) is 3.31. The number of benzene rings is 2. The van der Waals surface area contributed by atoms with Crippen LogP contribution in [-0.4, -0.2) is 28.2 Å². The Morgan fingerprint density at radius 1 is 1.25 bits per heavy atom. The molecule has 0 unspecified atom stereocenters. The van der Waals surface area contributed by atoms with Gasteiger partial charge in [-0.15, -0.1) is 11.3 Å². The zero-order chi connectivity index (χ0) is 22.4. The Labute approximate surface area is 196 Å². The number of fused-ring (bicyclic) bond motifs is 2. The number of anilines is 2. The molecule has 0 saturated carbocycles. The minimum atomic E-state index is -0.246. The van der Waals surface area contributed by atoms with Crippen molar-refractivity contribution >= 4 is 67.9 Å². The van der Waals surface area contributed by atoms with Crippen LogP contribution in [0.3, 0.4) is 0 Å². The van der Waals surface area contributed by atoms with Crippen molar-refractivity contribution in [1.82, 2.24) is 9.78 Å². The number of amides is 2. The Kier molecular flexibility index (Phi) is 5.28. The highest BCUT2D eigenvalue weighted by molar-refractivity contribution is 7.20. The molecule has 1 aliphatic rings. The van der Waals surface area contributed by atoms with Crippen LogP contribution in [0.15, 0.2) is 42.5 Å². The summed E-state index contributed by atoms with van der Waals surface area (Å²) < 4.78 is 7.19. The normalized spacial score (nSPS) is 12.9. The third-order valence-electron chi connectivity index (χ3n) is 5.04. The van der Waals surface area contributed by atoms with Crippen LogP contribution in [0.2, 0.25) is 10.0 Å². The summed E-state index contributed by atoms with van der Waals surface area (Å²) in [5.74, 6) is 0.0945. The molecule has 0 radical (unpaired) electrons. The highest BCUT2D eigenvalue weighted by Gasteiger charge is 2.19. The maximum atomic E-state index is 12.9. The zero-order valence-corrected chi connectivity index (χ0v) is 19.1. The number of thiophene rings is 1. The van der Waals surface area contributed by atoms with E-state index in [1.807, 2.05) is 23.7 Å². The summed E-state index contributed by atoms with van der Waals surface area (Å²) >= 11 is 13.7. The van der Waals surface area contributed by atoms with E-state index in [0.717, 1.165) is 21.5 Å². The first-order chi connectivity index (χ1) is 15.4. The molecule has 7 nitrogen and oxygen atoms in total. The number of carbonyl (C=O) groups excluding carboxylic acids is 2. The Balaban J connectivity index is 1.40. The number of hydrogen-bond donors (Lipinski definition) is 2. The lowest BCUT2D eigenvalue weighted by Crippen LogP contribution is -2.25. The fraction of sp³-hybridized carbons (Fsp3) is 0.136. The number of ether oxygens (including phenoxy) is 1. The predicted molar refractivity (Wildman–Crippen MR) is 126 cm³/mol. The second-order valence-electron chi connectivity index (χ2n) is 7.31. The molecule has 0 bridgehead atoms. The largest absolute Gasteiger partial charge is 0.482 e. The molecule has 32 heavy (non-hydrogen) atoms. The summed E-state index contributed by atoms with van der Waals surface area (Å²) in [6.07, 6.45) is 0. The van der Waals surface area contributed by atoms with E-state index in [1.165, 1.54) is 11.3 Å². The van der Waals surface area contributed by atoms with Gasteiger partial charge in [0, 0.05) is 21.1 Å². The summed E-state index contributed by atoms with van der Waals surface area (Å²) in [7, 11) is 0. The van der Waals surface area contributed by atoms with Crippen LogP contribution in [0.4, 0.5) is 11.4 Å².